The van der Waals surface area contributed by atoms with E-state index in [1.165, 1.54) is 11.0 Å². The molecular formula is C24H25F3N8O2. The van der Waals surface area contributed by atoms with E-state index in [-0.39, 0.29) is 17.6 Å². The summed E-state index contributed by atoms with van der Waals surface area (Å²) in [4.78, 5) is 38.1. The lowest BCUT2D eigenvalue weighted by molar-refractivity contribution is -0.149. The number of nitrogens with one attached hydrogen (secondary N) is 2. The Labute approximate surface area is 210 Å². The van der Waals surface area contributed by atoms with Crippen LogP contribution in [0.5, 0.6) is 0 Å². The number of urea groups is 1. The topological polar surface area (TPSA) is 108 Å². The molecular weight excluding hydrogens is 489 g/mol. The van der Waals surface area contributed by atoms with E-state index in [0.717, 1.165) is 23.7 Å². The first-order chi connectivity index (χ1) is 17.5. The molecule has 0 saturated carbocycles. The number of aryl methyl sites for hydroxylation is 2. The van der Waals surface area contributed by atoms with E-state index in [1.54, 1.807) is 23.0 Å². The third kappa shape index (κ3) is 4.68. The Kier molecular flexibility index (Phi) is 6.00. The Bertz CT molecular complexity index is 1370. The van der Waals surface area contributed by atoms with E-state index in [9.17, 15) is 22.8 Å². The van der Waals surface area contributed by atoms with Gasteiger partial charge >= 0.3 is 12.2 Å². The normalized spacial score (nSPS) is 17.4. The molecule has 3 aromatic heterocycles. The van der Waals surface area contributed by atoms with Crippen molar-refractivity contribution in [2.24, 2.45) is 7.05 Å². The summed E-state index contributed by atoms with van der Waals surface area (Å²) in [6.45, 7) is 4.02. The smallest absolute Gasteiger partial charge is 0.366 e. The van der Waals surface area contributed by atoms with Gasteiger partial charge in [0.2, 0.25) is 0 Å². The number of hydrogen-bond donors (Lipinski definition) is 2. The fraction of sp³-hybridized carbons (Fsp3) is 0.375. The van der Waals surface area contributed by atoms with E-state index in [4.69, 9.17) is 0 Å². The number of hydrogen-bond acceptors (Lipinski definition) is 6. The summed E-state index contributed by atoms with van der Waals surface area (Å²) in [5.74, 6) is -0.430. The molecule has 194 valence electrons. The van der Waals surface area contributed by atoms with Gasteiger partial charge in [0.1, 0.15) is 17.6 Å². The van der Waals surface area contributed by atoms with Gasteiger partial charge in [-0.2, -0.15) is 18.3 Å². The van der Waals surface area contributed by atoms with E-state index >= 15 is 0 Å². The third-order valence-corrected chi connectivity index (χ3v) is 6.56. The van der Waals surface area contributed by atoms with Crippen LogP contribution in [0.2, 0.25) is 0 Å². The molecule has 0 spiro atoms. The molecule has 2 atom stereocenters. The summed E-state index contributed by atoms with van der Waals surface area (Å²) in [5, 5.41) is 9.08. The van der Waals surface area contributed by atoms with E-state index < -0.39 is 24.2 Å². The highest BCUT2D eigenvalue weighted by Crippen LogP contribution is 2.39. The summed E-state index contributed by atoms with van der Waals surface area (Å²) in [6, 6.07) is 3.79. The van der Waals surface area contributed by atoms with Crippen LogP contribution in [-0.2, 0) is 7.05 Å². The molecule has 13 heteroatoms. The van der Waals surface area contributed by atoms with Gasteiger partial charge in [0.15, 0.2) is 5.82 Å². The summed E-state index contributed by atoms with van der Waals surface area (Å²) in [5.41, 5.74) is 2.99. The fourth-order valence-corrected chi connectivity index (χ4v) is 4.67. The first kappa shape index (κ1) is 24.5. The van der Waals surface area contributed by atoms with E-state index in [1.807, 2.05) is 36.5 Å². The van der Waals surface area contributed by atoms with Gasteiger partial charge in [-0.05, 0) is 50.1 Å². The molecule has 3 aromatic rings. The Morgan fingerprint density at radius 1 is 1.22 bits per heavy atom. The van der Waals surface area contributed by atoms with Gasteiger partial charge in [0, 0.05) is 38.1 Å². The minimum atomic E-state index is -4.59. The Hall–Kier alpha value is -4.16. The minimum Gasteiger partial charge on any atom is -0.366 e. The van der Waals surface area contributed by atoms with Gasteiger partial charge in [0.05, 0.1) is 17.4 Å². The molecule has 5 rings (SSSR count). The van der Waals surface area contributed by atoms with Crippen LogP contribution in [0.3, 0.4) is 0 Å². The quantitative estimate of drug-likeness (QED) is 0.552. The van der Waals surface area contributed by atoms with Crippen LogP contribution in [0, 0.1) is 6.92 Å². The summed E-state index contributed by atoms with van der Waals surface area (Å²) in [7, 11) is 1.82. The second-order valence-corrected chi connectivity index (χ2v) is 9.20. The fourth-order valence-electron chi connectivity index (χ4n) is 4.67. The minimum absolute atomic E-state index is 0.206. The highest BCUT2D eigenvalue weighted by molar-refractivity contribution is 6.05. The lowest BCUT2D eigenvalue weighted by atomic mass is 10.1. The lowest BCUT2D eigenvalue weighted by Crippen LogP contribution is -2.49. The van der Waals surface area contributed by atoms with Crippen LogP contribution in [0.15, 0.2) is 36.7 Å². The van der Waals surface area contributed by atoms with E-state index in [2.05, 4.69) is 20.4 Å². The number of halogens is 3. The SMILES string of the molecule is Cc1nn(C)cc1-c1ccnc(NC(=O)N2c3nc(C(=O)NC(C)C(F)(F)F)ccc3N3CCC2C3)c1. The van der Waals surface area contributed by atoms with Crippen molar-refractivity contribution in [3.8, 4) is 11.1 Å². The van der Waals surface area contributed by atoms with Crippen LogP contribution < -0.4 is 20.4 Å². The number of amides is 3. The Balaban J connectivity index is 1.42. The molecule has 0 aliphatic carbocycles. The maximum Gasteiger partial charge on any atom is 0.408 e. The van der Waals surface area contributed by atoms with Crippen molar-refractivity contribution in [3.05, 3.63) is 48.0 Å². The van der Waals surface area contributed by atoms with Crippen LogP contribution in [0.4, 0.5) is 35.3 Å². The van der Waals surface area contributed by atoms with Crippen molar-refractivity contribution in [1.82, 2.24) is 25.1 Å². The predicted octanol–water partition coefficient (Wildman–Crippen LogP) is 3.50. The first-order valence-corrected chi connectivity index (χ1v) is 11.7. The monoisotopic (exact) mass is 514 g/mol. The summed E-state index contributed by atoms with van der Waals surface area (Å²) in [6.07, 6.45) is -0.447. The molecule has 10 nitrogen and oxygen atoms in total. The molecule has 2 unspecified atom stereocenters. The molecule has 5 heterocycles. The highest BCUT2D eigenvalue weighted by Gasteiger charge is 2.41. The van der Waals surface area contributed by atoms with Crippen LogP contribution in [0.1, 0.15) is 29.5 Å². The van der Waals surface area contributed by atoms with Gasteiger partial charge in [-0.3, -0.25) is 19.7 Å². The number of aromatic nitrogens is 4. The number of nitrogens with zero attached hydrogens (tertiary/aromatic N) is 6. The Morgan fingerprint density at radius 3 is 2.70 bits per heavy atom. The van der Waals surface area contributed by atoms with E-state index in [0.29, 0.717) is 31.0 Å². The molecule has 2 bridgehead atoms. The largest absolute Gasteiger partial charge is 0.408 e. The number of alkyl halides is 3. The van der Waals surface area contributed by atoms with Crippen molar-refractivity contribution < 1.29 is 22.8 Å². The maximum absolute atomic E-state index is 13.5. The second-order valence-electron chi connectivity index (χ2n) is 9.20. The van der Waals surface area contributed by atoms with Crippen LogP contribution >= 0.6 is 0 Å². The molecule has 37 heavy (non-hydrogen) atoms. The highest BCUT2D eigenvalue weighted by atomic mass is 19.4. The van der Waals surface area contributed by atoms with Crippen molar-refractivity contribution in [2.45, 2.75) is 38.5 Å². The Morgan fingerprint density at radius 2 is 2.00 bits per heavy atom. The van der Waals surface area contributed by atoms with Crippen molar-refractivity contribution in [2.75, 3.05) is 28.2 Å². The average molecular weight is 515 g/mol. The molecule has 3 amide bonds. The number of carbonyl (C=O) groups is 2. The van der Waals surface area contributed by atoms with Gasteiger partial charge in [-0.25, -0.2) is 14.8 Å². The summed E-state index contributed by atoms with van der Waals surface area (Å²) >= 11 is 0. The van der Waals surface area contributed by atoms with Crippen LogP contribution in [-0.4, -0.2) is 63.0 Å². The number of anilines is 3. The number of fused-ring (bicyclic) bond motifs is 4. The third-order valence-electron chi connectivity index (χ3n) is 6.56. The van der Waals surface area contributed by atoms with Crippen molar-refractivity contribution in [3.63, 3.8) is 0 Å². The average Bonchev–Trinajstić information content (AvgIpc) is 3.41. The molecule has 1 fully saturated rings. The molecule has 0 radical (unpaired) electrons. The lowest BCUT2D eigenvalue weighted by Gasteiger charge is -2.35. The first-order valence-electron chi connectivity index (χ1n) is 11.7. The van der Waals surface area contributed by atoms with Gasteiger partial charge in [-0.1, -0.05) is 0 Å². The zero-order chi connectivity index (χ0) is 26.5. The number of rotatable bonds is 4. The zero-order valence-electron chi connectivity index (χ0n) is 20.4. The second kappa shape index (κ2) is 9.05. The maximum atomic E-state index is 13.5. The van der Waals surface area contributed by atoms with Gasteiger partial charge < -0.3 is 10.2 Å². The standard InChI is InChI=1S/C24H25F3N8O2/c1-13-17(12-33(3)32-13)15-6-8-28-20(10-15)31-23(37)35-16-7-9-34(11-16)19-5-4-18(30-21(19)35)22(36)29-14(2)24(25,26)27/h4-6,8,10,12,14,16H,7,9,11H2,1-3H3,(H,29,36)(H,28,31,37). The summed E-state index contributed by atoms with van der Waals surface area (Å²) < 4.78 is 40.5. The molecule has 1 saturated heterocycles. The molecule has 2 N–H and O–H groups in total. The molecule has 0 aromatic carbocycles. The molecule has 2 aliphatic heterocycles. The predicted molar refractivity (Wildman–Crippen MR) is 131 cm³/mol. The number of carbonyl (C=O) groups excluding carboxylic acids is 2. The molecule has 2 aliphatic rings. The zero-order valence-corrected chi connectivity index (χ0v) is 20.4. The number of pyridine rings is 2. The van der Waals surface area contributed by atoms with Crippen LogP contribution in [0.25, 0.3) is 11.1 Å². The van der Waals surface area contributed by atoms with Gasteiger partial charge in [0.25, 0.3) is 5.91 Å². The van der Waals surface area contributed by atoms with Crippen molar-refractivity contribution >= 4 is 29.3 Å². The van der Waals surface area contributed by atoms with Gasteiger partial charge in [-0.15, -0.1) is 0 Å². The van der Waals surface area contributed by atoms with Crippen molar-refractivity contribution in [1.29, 1.82) is 0 Å².